The van der Waals surface area contributed by atoms with E-state index in [9.17, 15) is 19.5 Å². The lowest BCUT2D eigenvalue weighted by Gasteiger charge is -2.27. The van der Waals surface area contributed by atoms with Crippen molar-refractivity contribution < 1.29 is 24.6 Å². The molecular weight excluding hydrogens is 278 g/mol. The molecule has 2 fully saturated rings. The fourth-order valence-corrected chi connectivity index (χ4v) is 2.78. The second-order valence-corrected chi connectivity index (χ2v) is 5.50. The Morgan fingerprint density at radius 2 is 1.81 bits per heavy atom. The van der Waals surface area contributed by atoms with Crippen molar-refractivity contribution in [1.82, 2.24) is 15.1 Å². The molecule has 2 heterocycles. The summed E-state index contributed by atoms with van der Waals surface area (Å²) < 4.78 is 0. The molecule has 0 bridgehead atoms. The SMILES string of the molecule is O=C(O)[C@H]1C[C@@H](O)CN1C(=O)NCC(=O)N1CCCCC1. The number of hydrogen-bond donors (Lipinski definition) is 3. The molecular formula is C13H21N3O5. The van der Waals surface area contributed by atoms with Gasteiger partial charge in [0.05, 0.1) is 12.6 Å². The number of β-amino-alcohol motifs (C(OH)–C–C–N with tert-alkyl or cyclic N) is 1. The summed E-state index contributed by atoms with van der Waals surface area (Å²) in [6, 6.07) is -1.66. The first kappa shape index (κ1) is 15.6. The summed E-state index contributed by atoms with van der Waals surface area (Å²) in [4.78, 5) is 37.7. The Kier molecular flexibility index (Phi) is 5.00. The number of urea groups is 1. The number of likely N-dealkylation sites (tertiary alicyclic amines) is 2. The zero-order valence-corrected chi connectivity index (χ0v) is 11.8. The minimum Gasteiger partial charge on any atom is -0.480 e. The van der Waals surface area contributed by atoms with Gasteiger partial charge in [-0.05, 0) is 19.3 Å². The van der Waals surface area contributed by atoms with Gasteiger partial charge in [0.25, 0.3) is 0 Å². The maximum Gasteiger partial charge on any atom is 0.326 e. The van der Waals surface area contributed by atoms with Crippen LogP contribution in [0.5, 0.6) is 0 Å². The maximum atomic E-state index is 12.0. The standard InChI is InChI=1S/C13H21N3O5/c17-9-6-10(12(19)20)16(8-9)13(21)14-7-11(18)15-4-2-1-3-5-15/h9-10,17H,1-8H2,(H,14,21)(H,19,20)/t9-,10-/m1/s1. The van der Waals surface area contributed by atoms with Crippen molar-refractivity contribution in [2.75, 3.05) is 26.2 Å². The molecule has 0 aromatic rings. The summed E-state index contributed by atoms with van der Waals surface area (Å²) >= 11 is 0. The Bertz CT molecular complexity index is 422. The molecule has 8 heteroatoms. The summed E-state index contributed by atoms with van der Waals surface area (Å²) in [5.41, 5.74) is 0. The van der Waals surface area contributed by atoms with Crippen LogP contribution in [0.1, 0.15) is 25.7 Å². The van der Waals surface area contributed by atoms with Crippen LogP contribution < -0.4 is 5.32 Å². The molecule has 2 atom stereocenters. The van der Waals surface area contributed by atoms with Gasteiger partial charge in [-0.15, -0.1) is 0 Å². The number of carboxylic acid groups (broad SMARTS) is 1. The normalized spacial score (nSPS) is 25.8. The number of amides is 3. The van der Waals surface area contributed by atoms with Crippen molar-refractivity contribution in [1.29, 1.82) is 0 Å². The number of nitrogens with zero attached hydrogens (tertiary/aromatic N) is 2. The van der Waals surface area contributed by atoms with Crippen LogP contribution in [-0.2, 0) is 9.59 Å². The first-order valence-electron chi connectivity index (χ1n) is 7.22. The van der Waals surface area contributed by atoms with Crippen LogP contribution in [0.15, 0.2) is 0 Å². The molecule has 0 aromatic heterocycles. The van der Waals surface area contributed by atoms with E-state index in [0.29, 0.717) is 13.1 Å². The molecule has 3 N–H and O–H groups in total. The summed E-state index contributed by atoms with van der Waals surface area (Å²) in [7, 11) is 0. The van der Waals surface area contributed by atoms with Crippen molar-refractivity contribution in [3.8, 4) is 0 Å². The molecule has 0 unspecified atom stereocenters. The van der Waals surface area contributed by atoms with E-state index in [-0.39, 0.29) is 25.4 Å². The smallest absolute Gasteiger partial charge is 0.326 e. The maximum absolute atomic E-state index is 12.0. The lowest BCUT2D eigenvalue weighted by atomic mass is 10.1. The number of hydrogen-bond acceptors (Lipinski definition) is 4. The number of aliphatic carboxylic acids is 1. The lowest BCUT2D eigenvalue weighted by Crippen LogP contribution is -2.49. The van der Waals surface area contributed by atoms with Gasteiger partial charge in [0.2, 0.25) is 5.91 Å². The predicted molar refractivity (Wildman–Crippen MR) is 72.6 cm³/mol. The third-order valence-electron chi connectivity index (χ3n) is 3.92. The van der Waals surface area contributed by atoms with Crippen molar-refractivity contribution in [3.05, 3.63) is 0 Å². The van der Waals surface area contributed by atoms with Gasteiger partial charge in [0.15, 0.2) is 0 Å². The van der Waals surface area contributed by atoms with Gasteiger partial charge >= 0.3 is 12.0 Å². The number of carbonyl (C=O) groups excluding carboxylic acids is 2. The van der Waals surface area contributed by atoms with Gasteiger partial charge in [-0.3, -0.25) is 4.79 Å². The number of carbonyl (C=O) groups is 3. The predicted octanol–water partition coefficient (Wildman–Crippen LogP) is -0.772. The van der Waals surface area contributed by atoms with Crippen LogP contribution in [0, 0.1) is 0 Å². The lowest BCUT2D eigenvalue weighted by molar-refractivity contribution is -0.141. The highest BCUT2D eigenvalue weighted by Crippen LogP contribution is 2.18. The highest BCUT2D eigenvalue weighted by atomic mass is 16.4. The zero-order valence-electron chi connectivity index (χ0n) is 11.8. The first-order valence-corrected chi connectivity index (χ1v) is 7.22. The van der Waals surface area contributed by atoms with Crippen LogP contribution in [0.2, 0.25) is 0 Å². The van der Waals surface area contributed by atoms with Crippen molar-refractivity contribution in [3.63, 3.8) is 0 Å². The van der Waals surface area contributed by atoms with Gasteiger partial charge in [-0.25, -0.2) is 9.59 Å². The van der Waals surface area contributed by atoms with Crippen molar-refractivity contribution >= 4 is 17.9 Å². The molecule has 2 aliphatic rings. The molecule has 0 radical (unpaired) electrons. The van der Waals surface area contributed by atoms with E-state index in [1.54, 1.807) is 4.90 Å². The molecule has 21 heavy (non-hydrogen) atoms. The van der Waals surface area contributed by atoms with Crippen molar-refractivity contribution in [2.45, 2.75) is 37.8 Å². The monoisotopic (exact) mass is 299 g/mol. The molecule has 2 saturated heterocycles. The van der Waals surface area contributed by atoms with Gasteiger partial charge in [-0.2, -0.15) is 0 Å². The van der Waals surface area contributed by atoms with Crippen LogP contribution in [0.3, 0.4) is 0 Å². The Hall–Kier alpha value is -1.83. The molecule has 0 aromatic carbocycles. The Morgan fingerprint density at radius 1 is 1.14 bits per heavy atom. The molecule has 0 spiro atoms. The molecule has 0 saturated carbocycles. The van der Waals surface area contributed by atoms with Crippen LogP contribution >= 0.6 is 0 Å². The second-order valence-electron chi connectivity index (χ2n) is 5.50. The van der Waals surface area contributed by atoms with Crippen LogP contribution in [0.25, 0.3) is 0 Å². The third-order valence-corrected chi connectivity index (χ3v) is 3.92. The molecule has 8 nitrogen and oxygen atoms in total. The number of piperidine rings is 1. The van der Waals surface area contributed by atoms with Gasteiger partial charge in [0.1, 0.15) is 6.04 Å². The van der Waals surface area contributed by atoms with E-state index < -0.39 is 24.1 Å². The third kappa shape index (κ3) is 3.84. The molecule has 118 valence electrons. The van der Waals surface area contributed by atoms with E-state index in [4.69, 9.17) is 5.11 Å². The summed E-state index contributed by atoms with van der Waals surface area (Å²) in [6.07, 6.45) is 2.23. The minimum absolute atomic E-state index is 0.0167. The van der Waals surface area contributed by atoms with E-state index >= 15 is 0 Å². The van der Waals surface area contributed by atoms with E-state index in [1.807, 2.05) is 0 Å². The number of aliphatic hydroxyl groups excluding tert-OH is 1. The van der Waals surface area contributed by atoms with Gasteiger partial charge in [-0.1, -0.05) is 0 Å². The number of rotatable bonds is 3. The van der Waals surface area contributed by atoms with Crippen LogP contribution in [0.4, 0.5) is 4.79 Å². The fraction of sp³-hybridized carbons (Fsp3) is 0.769. The highest BCUT2D eigenvalue weighted by Gasteiger charge is 2.39. The molecule has 0 aliphatic carbocycles. The quantitative estimate of drug-likeness (QED) is 0.634. The zero-order chi connectivity index (χ0) is 15.4. The topological polar surface area (TPSA) is 110 Å². The average Bonchev–Trinajstić information content (AvgIpc) is 2.87. The Balaban J connectivity index is 1.83. The molecule has 2 rings (SSSR count). The summed E-state index contributed by atoms with van der Waals surface area (Å²) in [5, 5.41) is 21.0. The average molecular weight is 299 g/mol. The summed E-state index contributed by atoms with van der Waals surface area (Å²) in [6.45, 7) is 1.24. The Morgan fingerprint density at radius 3 is 2.43 bits per heavy atom. The molecule has 3 amide bonds. The number of nitrogens with one attached hydrogen (secondary N) is 1. The Labute approximate surface area is 122 Å². The van der Waals surface area contributed by atoms with Gasteiger partial charge < -0.3 is 25.3 Å². The summed E-state index contributed by atoms with van der Waals surface area (Å²) in [5.74, 6) is -1.31. The van der Waals surface area contributed by atoms with E-state index in [0.717, 1.165) is 24.2 Å². The van der Waals surface area contributed by atoms with Crippen LogP contribution in [-0.4, -0.2) is 76.2 Å². The second kappa shape index (κ2) is 6.75. The minimum atomic E-state index is -1.15. The van der Waals surface area contributed by atoms with E-state index in [2.05, 4.69) is 5.32 Å². The number of aliphatic hydroxyl groups is 1. The highest BCUT2D eigenvalue weighted by molar-refractivity contribution is 5.87. The van der Waals surface area contributed by atoms with Crippen molar-refractivity contribution in [2.24, 2.45) is 0 Å². The fourth-order valence-electron chi connectivity index (χ4n) is 2.78. The molecule has 2 aliphatic heterocycles. The number of carboxylic acids is 1. The van der Waals surface area contributed by atoms with E-state index in [1.165, 1.54) is 0 Å². The largest absolute Gasteiger partial charge is 0.480 e. The first-order chi connectivity index (χ1) is 9.99. The van der Waals surface area contributed by atoms with Gasteiger partial charge in [0, 0.05) is 26.1 Å².